The third-order valence-corrected chi connectivity index (χ3v) is 10.3. The molecule has 1 aliphatic rings. The molecule has 2 nitrogen and oxygen atoms in total. The summed E-state index contributed by atoms with van der Waals surface area (Å²) < 4.78 is 12.0. The molecule has 1 saturated heterocycles. The van der Waals surface area contributed by atoms with Crippen molar-refractivity contribution in [3.05, 3.63) is 12.2 Å². The van der Waals surface area contributed by atoms with Crippen LogP contribution >= 0.6 is 15.9 Å². The molecule has 0 aromatic rings. The van der Waals surface area contributed by atoms with Gasteiger partial charge in [-0.15, -0.1) is 0 Å². The first-order valence-electron chi connectivity index (χ1n) is 9.22. The maximum atomic E-state index is 6.24. The minimum atomic E-state index is -1.67. The van der Waals surface area contributed by atoms with E-state index in [-0.39, 0.29) is 11.1 Å². The van der Waals surface area contributed by atoms with Gasteiger partial charge in [0.2, 0.25) is 0 Å². The van der Waals surface area contributed by atoms with Crippen molar-refractivity contribution >= 4 is 24.2 Å². The second kappa shape index (κ2) is 9.74. The number of hydrogen-bond donors (Lipinski definition) is 0. The van der Waals surface area contributed by atoms with Crippen LogP contribution in [-0.2, 0) is 9.16 Å². The highest BCUT2D eigenvalue weighted by atomic mass is 79.9. The van der Waals surface area contributed by atoms with E-state index in [1.54, 1.807) is 0 Å². The number of unbranched alkanes of at least 4 members (excludes halogenated alkanes) is 5. The molecule has 4 heteroatoms. The van der Waals surface area contributed by atoms with Gasteiger partial charge >= 0.3 is 0 Å². The first kappa shape index (κ1) is 21.4. The van der Waals surface area contributed by atoms with E-state index >= 15 is 0 Å². The van der Waals surface area contributed by atoms with Crippen molar-refractivity contribution in [1.82, 2.24) is 0 Å². The van der Waals surface area contributed by atoms with E-state index in [4.69, 9.17) is 9.16 Å². The zero-order valence-corrected chi connectivity index (χ0v) is 18.5. The van der Waals surface area contributed by atoms with Crippen molar-refractivity contribution in [2.75, 3.05) is 11.9 Å². The summed E-state index contributed by atoms with van der Waals surface area (Å²) in [5.74, 6) is 0. The molecule has 1 rings (SSSR count). The summed E-state index contributed by atoms with van der Waals surface area (Å²) in [6.45, 7) is 16.3. The molecule has 0 unspecified atom stereocenters. The van der Waals surface area contributed by atoms with Crippen LogP contribution < -0.4 is 0 Å². The van der Waals surface area contributed by atoms with E-state index in [1.807, 2.05) is 0 Å². The predicted molar refractivity (Wildman–Crippen MR) is 107 cm³/mol. The Morgan fingerprint density at radius 1 is 1.09 bits per heavy atom. The van der Waals surface area contributed by atoms with Crippen molar-refractivity contribution in [1.29, 1.82) is 0 Å². The lowest BCUT2D eigenvalue weighted by Crippen LogP contribution is -2.41. The second-order valence-corrected chi connectivity index (χ2v) is 14.0. The van der Waals surface area contributed by atoms with Crippen LogP contribution in [0.5, 0.6) is 0 Å². The lowest BCUT2D eigenvalue weighted by molar-refractivity contribution is 0.302. The highest BCUT2D eigenvalue weighted by Crippen LogP contribution is 2.38. The maximum Gasteiger partial charge on any atom is 0.192 e. The van der Waals surface area contributed by atoms with Gasteiger partial charge in [-0.05, 0) is 36.5 Å². The van der Waals surface area contributed by atoms with Crippen LogP contribution in [0.15, 0.2) is 12.2 Å². The fraction of sp³-hybridized carbons (Fsp3) is 0.895. The molecule has 0 spiro atoms. The van der Waals surface area contributed by atoms with Crippen LogP contribution in [0.4, 0.5) is 0 Å². The van der Waals surface area contributed by atoms with E-state index in [2.05, 4.69) is 56.4 Å². The Balaban J connectivity index is 2.10. The molecule has 0 radical (unpaired) electrons. The zero-order chi connectivity index (χ0) is 17.5. The smallest absolute Gasteiger partial charge is 0.192 e. The van der Waals surface area contributed by atoms with Gasteiger partial charge in [-0.3, -0.25) is 0 Å². The molecule has 136 valence electrons. The highest BCUT2D eigenvalue weighted by Gasteiger charge is 2.42. The monoisotopic (exact) mass is 404 g/mol. The van der Waals surface area contributed by atoms with E-state index in [0.717, 1.165) is 10.9 Å². The van der Waals surface area contributed by atoms with Crippen LogP contribution in [0.1, 0.15) is 65.7 Å². The molecular weight excluding hydrogens is 368 g/mol. The van der Waals surface area contributed by atoms with Crippen molar-refractivity contribution < 1.29 is 9.16 Å². The molecule has 0 amide bonds. The Bertz CT molecular complexity index is 363. The topological polar surface area (TPSA) is 21.8 Å². The van der Waals surface area contributed by atoms with Crippen LogP contribution in [0.25, 0.3) is 0 Å². The van der Waals surface area contributed by atoms with Gasteiger partial charge in [-0.25, -0.2) is 0 Å². The Morgan fingerprint density at radius 3 is 2.22 bits per heavy atom. The first-order chi connectivity index (χ1) is 10.7. The molecule has 0 aromatic heterocycles. The van der Waals surface area contributed by atoms with Crippen molar-refractivity contribution in [3.8, 4) is 0 Å². The summed E-state index contributed by atoms with van der Waals surface area (Å²) in [6, 6.07) is 0. The molecule has 1 aliphatic heterocycles. The number of epoxide rings is 1. The summed E-state index contributed by atoms with van der Waals surface area (Å²) in [6.07, 6.45) is 9.86. The normalized spacial score (nSPS) is 21.5. The Hall–Kier alpha value is 0.357. The molecule has 0 aliphatic carbocycles. The molecule has 0 N–H and O–H groups in total. The van der Waals surface area contributed by atoms with Crippen LogP contribution in [-0.4, -0.2) is 32.5 Å². The lowest BCUT2D eigenvalue weighted by Gasteiger charge is -2.36. The number of rotatable bonds is 12. The number of ether oxygens (including phenoxy) is 1. The van der Waals surface area contributed by atoms with Gasteiger partial charge in [-0.2, -0.15) is 0 Å². The Morgan fingerprint density at radius 2 is 1.65 bits per heavy atom. The SMILES string of the molecule is C=C(CO[Si](C)(C)C(C)(C)C)[C@@H]1O[C@H]1CCCCCCCCBr. The van der Waals surface area contributed by atoms with E-state index in [0.29, 0.717) is 12.7 Å². The van der Waals surface area contributed by atoms with Gasteiger partial charge in [0.05, 0.1) is 12.7 Å². The van der Waals surface area contributed by atoms with Crippen molar-refractivity contribution in [2.24, 2.45) is 0 Å². The van der Waals surface area contributed by atoms with Gasteiger partial charge in [0, 0.05) is 5.33 Å². The van der Waals surface area contributed by atoms with Crippen molar-refractivity contribution in [2.45, 2.75) is 96.1 Å². The number of halogens is 1. The molecular formula is C19H37BrO2Si. The predicted octanol–water partition coefficient (Wildman–Crippen LogP) is 6.46. The summed E-state index contributed by atoms with van der Waals surface area (Å²) >= 11 is 3.48. The van der Waals surface area contributed by atoms with E-state index in [1.165, 1.54) is 44.9 Å². The summed E-state index contributed by atoms with van der Waals surface area (Å²) in [4.78, 5) is 0. The van der Waals surface area contributed by atoms with Crippen LogP contribution in [0.2, 0.25) is 18.1 Å². The largest absolute Gasteiger partial charge is 0.413 e. The third-order valence-electron chi connectivity index (χ3n) is 5.28. The molecule has 2 atom stereocenters. The first-order valence-corrected chi connectivity index (χ1v) is 13.2. The minimum absolute atomic E-state index is 0.256. The van der Waals surface area contributed by atoms with Gasteiger partial charge in [0.1, 0.15) is 6.10 Å². The van der Waals surface area contributed by atoms with Gasteiger partial charge < -0.3 is 9.16 Å². The average molecular weight is 405 g/mol. The molecule has 23 heavy (non-hydrogen) atoms. The Labute approximate surface area is 153 Å². The lowest BCUT2D eigenvalue weighted by atomic mass is 10.1. The fourth-order valence-electron chi connectivity index (χ4n) is 2.44. The highest BCUT2D eigenvalue weighted by molar-refractivity contribution is 9.09. The van der Waals surface area contributed by atoms with Crippen LogP contribution in [0, 0.1) is 0 Å². The summed E-state index contributed by atoms with van der Waals surface area (Å²) in [5.41, 5.74) is 1.14. The van der Waals surface area contributed by atoms with E-state index in [9.17, 15) is 0 Å². The Kier molecular flexibility index (Phi) is 9.06. The standard InChI is InChI=1S/C19H37BrO2Si/c1-16(15-21-23(5,6)19(2,3)4)18-17(22-18)13-11-9-7-8-10-12-14-20/h17-18H,1,7-15H2,2-6H3/t17-,18-/m0/s1. The molecule has 1 heterocycles. The molecule has 1 fully saturated rings. The third kappa shape index (κ3) is 7.85. The molecule has 0 aromatic carbocycles. The summed E-state index contributed by atoms with van der Waals surface area (Å²) in [7, 11) is -1.67. The fourth-order valence-corrected chi connectivity index (χ4v) is 3.82. The average Bonchev–Trinajstić information content (AvgIpc) is 3.22. The van der Waals surface area contributed by atoms with Gasteiger partial charge in [-0.1, -0.05) is 75.4 Å². The van der Waals surface area contributed by atoms with Crippen LogP contribution in [0.3, 0.4) is 0 Å². The van der Waals surface area contributed by atoms with E-state index < -0.39 is 8.32 Å². The molecule has 0 bridgehead atoms. The molecule has 0 saturated carbocycles. The van der Waals surface area contributed by atoms with Gasteiger partial charge in [0.15, 0.2) is 8.32 Å². The van der Waals surface area contributed by atoms with Crippen molar-refractivity contribution in [3.63, 3.8) is 0 Å². The number of hydrogen-bond acceptors (Lipinski definition) is 2. The zero-order valence-electron chi connectivity index (χ0n) is 15.9. The minimum Gasteiger partial charge on any atom is -0.413 e. The second-order valence-electron chi connectivity index (χ2n) is 8.40. The number of alkyl halides is 1. The van der Waals surface area contributed by atoms with Gasteiger partial charge in [0.25, 0.3) is 0 Å². The quantitative estimate of drug-likeness (QED) is 0.122. The maximum absolute atomic E-state index is 6.24. The summed E-state index contributed by atoms with van der Waals surface area (Å²) in [5, 5.41) is 1.40.